The Morgan fingerprint density at radius 1 is 1.33 bits per heavy atom. The van der Waals surface area contributed by atoms with Crippen molar-refractivity contribution in [2.45, 2.75) is 25.8 Å². The van der Waals surface area contributed by atoms with Gasteiger partial charge in [0.05, 0.1) is 5.52 Å². The van der Waals surface area contributed by atoms with E-state index in [1.165, 1.54) is 36.9 Å². The van der Waals surface area contributed by atoms with Crippen molar-refractivity contribution in [1.29, 1.82) is 0 Å². The highest BCUT2D eigenvalue weighted by Gasteiger charge is 2.20. The smallest absolute Gasteiger partial charge is 0.0758 e. The average Bonchev–Trinajstić information content (AvgIpc) is 2.51. The standard InChI is InChI=1S/C17H22BrN3/c18-16-6-5-14(17-15(16)4-1-9-20-17)12-21-10-2-3-13(11-21)7-8-19/h1,4-6,9,13H,2-3,7-8,10-12,19H2. The summed E-state index contributed by atoms with van der Waals surface area (Å²) in [5, 5.41) is 1.20. The van der Waals surface area contributed by atoms with E-state index in [9.17, 15) is 0 Å². The van der Waals surface area contributed by atoms with Crippen molar-refractivity contribution in [3.8, 4) is 0 Å². The van der Waals surface area contributed by atoms with E-state index in [1.54, 1.807) is 0 Å². The highest BCUT2D eigenvalue weighted by atomic mass is 79.9. The van der Waals surface area contributed by atoms with Gasteiger partial charge < -0.3 is 5.73 Å². The van der Waals surface area contributed by atoms with Gasteiger partial charge in [-0.15, -0.1) is 0 Å². The van der Waals surface area contributed by atoms with Crippen molar-refractivity contribution in [3.05, 3.63) is 40.5 Å². The fourth-order valence-electron chi connectivity index (χ4n) is 3.33. The van der Waals surface area contributed by atoms with Crippen LogP contribution in [0.1, 0.15) is 24.8 Å². The van der Waals surface area contributed by atoms with Gasteiger partial charge in [-0.1, -0.05) is 28.1 Å². The minimum absolute atomic E-state index is 0.762. The third kappa shape index (κ3) is 3.44. The number of aromatic nitrogens is 1. The molecule has 0 bridgehead atoms. The van der Waals surface area contributed by atoms with Crippen LogP contribution >= 0.6 is 15.9 Å². The van der Waals surface area contributed by atoms with Gasteiger partial charge in [0.25, 0.3) is 0 Å². The largest absolute Gasteiger partial charge is 0.330 e. The molecule has 2 heterocycles. The summed E-state index contributed by atoms with van der Waals surface area (Å²) in [7, 11) is 0. The van der Waals surface area contributed by atoms with E-state index in [0.29, 0.717) is 0 Å². The molecule has 1 fully saturated rings. The number of benzene rings is 1. The molecule has 0 aliphatic carbocycles. The van der Waals surface area contributed by atoms with Gasteiger partial charge in [-0.25, -0.2) is 0 Å². The molecule has 0 radical (unpaired) electrons. The first-order valence-electron chi connectivity index (χ1n) is 7.72. The van der Waals surface area contributed by atoms with Crippen LogP contribution in [0.5, 0.6) is 0 Å². The summed E-state index contributed by atoms with van der Waals surface area (Å²) < 4.78 is 1.12. The van der Waals surface area contributed by atoms with E-state index in [-0.39, 0.29) is 0 Å². The van der Waals surface area contributed by atoms with Gasteiger partial charge in [-0.2, -0.15) is 0 Å². The second-order valence-electron chi connectivity index (χ2n) is 5.93. The summed E-state index contributed by atoms with van der Waals surface area (Å²) in [5.41, 5.74) is 8.15. The van der Waals surface area contributed by atoms with Crippen molar-refractivity contribution in [2.75, 3.05) is 19.6 Å². The number of piperidine rings is 1. The van der Waals surface area contributed by atoms with Gasteiger partial charge in [0.2, 0.25) is 0 Å². The number of halogens is 1. The van der Waals surface area contributed by atoms with Crippen LogP contribution in [0.3, 0.4) is 0 Å². The van der Waals surface area contributed by atoms with E-state index >= 15 is 0 Å². The SMILES string of the molecule is NCCC1CCCN(Cc2ccc(Br)c3cccnc23)C1. The van der Waals surface area contributed by atoms with Crippen LogP contribution in [0.15, 0.2) is 34.9 Å². The lowest BCUT2D eigenvalue weighted by Crippen LogP contribution is -2.35. The molecule has 2 aromatic rings. The molecule has 4 heteroatoms. The zero-order valence-electron chi connectivity index (χ0n) is 12.3. The number of fused-ring (bicyclic) bond motifs is 1. The van der Waals surface area contributed by atoms with Gasteiger partial charge in [0.1, 0.15) is 0 Å². The first-order valence-corrected chi connectivity index (χ1v) is 8.52. The van der Waals surface area contributed by atoms with Crippen LogP contribution in [0, 0.1) is 5.92 Å². The predicted octanol–water partition coefficient (Wildman–Crippen LogP) is 3.56. The van der Waals surface area contributed by atoms with Crippen LogP contribution in [-0.2, 0) is 6.54 Å². The monoisotopic (exact) mass is 347 g/mol. The average molecular weight is 348 g/mol. The molecule has 3 nitrogen and oxygen atoms in total. The lowest BCUT2D eigenvalue weighted by molar-refractivity contribution is 0.163. The summed E-state index contributed by atoms with van der Waals surface area (Å²) in [5.74, 6) is 0.762. The molecule has 1 aromatic heterocycles. The molecule has 3 rings (SSSR count). The predicted molar refractivity (Wildman–Crippen MR) is 91.1 cm³/mol. The summed E-state index contributed by atoms with van der Waals surface area (Å²) in [6.45, 7) is 4.15. The zero-order valence-corrected chi connectivity index (χ0v) is 13.8. The number of nitrogens with two attached hydrogens (primary N) is 1. The highest BCUT2D eigenvalue weighted by molar-refractivity contribution is 9.10. The van der Waals surface area contributed by atoms with Crippen molar-refractivity contribution in [3.63, 3.8) is 0 Å². The molecule has 1 aromatic carbocycles. The van der Waals surface area contributed by atoms with Gasteiger partial charge >= 0.3 is 0 Å². The number of rotatable bonds is 4. The summed E-state index contributed by atoms with van der Waals surface area (Å²) in [4.78, 5) is 7.14. The fraction of sp³-hybridized carbons (Fsp3) is 0.471. The first kappa shape index (κ1) is 14.9. The van der Waals surface area contributed by atoms with Crippen molar-refractivity contribution in [1.82, 2.24) is 9.88 Å². The van der Waals surface area contributed by atoms with Crippen LogP contribution in [0.25, 0.3) is 10.9 Å². The van der Waals surface area contributed by atoms with Crippen molar-refractivity contribution >= 4 is 26.8 Å². The Morgan fingerprint density at radius 2 is 2.24 bits per heavy atom. The molecule has 112 valence electrons. The zero-order chi connectivity index (χ0) is 14.7. The number of pyridine rings is 1. The third-order valence-electron chi connectivity index (χ3n) is 4.37. The Morgan fingerprint density at radius 3 is 3.10 bits per heavy atom. The van der Waals surface area contributed by atoms with Crippen LogP contribution < -0.4 is 5.73 Å². The normalized spacial score (nSPS) is 20.0. The molecule has 0 spiro atoms. The molecule has 21 heavy (non-hydrogen) atoms. The summed E-state index contributed by atoms with van der Waals surface area (Å²) in [6.07, 6.45) is 5.64. The molecule has 2 N–H and O–H groups in total. The molecule has 0 saturated carbocycles. The van der Waals surface area contributed by atoms with E-state index in [2.05, 4.69) is 44.0 Å². The Hall–Kier alpha value is -0.970. The van der Waals surface area contributed by atoms with E-state index in [4.69, 9.17) is 5.73 Å². The second kappa shape index (κ2) is 6.86. The topological polar surface area (TPSA) is 42.1 Å². The molecule has 1 aliphatic heterocycles. The van der Waals surface area contributed by atoms with Gasteiger partial charge in [-0.05, 0) is 56.0 Å². The quantitative estimate of drug-likeness (QED) is 0.919. The van der Waals surface area contributed by atoms with E-state index in [1.807, 2.05) is 12.3 Å². The van der Waals surface area contributed by atoms with Crippen LogP contribution in [0.2, 0.25) is 0 Å². The number of hydrogen-bond acceptors (Lipinski definition) is 3. The second-order valence-corrected chi connectivity index (χ2v) is 6.78. The number of likely N-dealkylation sites (tertiary alicyclic amines) is 1. The maximum atomic E-state index is 5.71. The molecule has 1 unspecified atom stereocenters. The Kier molecular flexibility index (Phi) is 4.88. The maximum Gasteiger partial charge on any atom is 0.0758 e. The Bertz CT molecular complexity index is 612. The Balaban J connectivity index is 1.80. The molecular weight excluding hydrogens is 326 g/mol. The molecular formula is C17H22BrN3. The summed E-state index contributed by atoms with van der Waals surface area (Å²) >= 11 is 3.62. The van der Waals surface area contributed by atoms with Gasteiger partial charge in [0.15, 0.2) is 0 Å². The number of hydrogen-bond donors (Lipinski definition) is 1. The minimum atomic E-state index is 0.762. The van der Waals surface area contributed by atoms with E-state index in [0.717, 1.165) is 35.4 Å². The molecule has 1 saturated heterocycles. The first-order chi connectivity index (χ1) is 10.3. The van der Waals surface area contributed by atoms with Gasteiger partial charge in [-0.3, -0.25) is 9.88 Å². The van der Waals surface area contributed by atoms with Crippen LogP contribution in [0.4, 0.5) is 0 Å². The number of nitrogens with zero attached hydrogens (tertiary/aromatic N) is 2. The molecule has 0 amide bonds. The highest BCUT2D eigenvalue weighted by Crippen LogP contribution is 2.27. The lowest BCUT2D eigenvalue weighted by atomic mass is 9.94. The fourth-order valence-corrected chi connectivity index (χ4v) is 3.78. The third-order valence-corrected chi connectivity index (χ3v) is 5.06. The van der Waals surface area contributed by atoms with Crippen LogP contribution in [-0.4, -0.2) is 29.5 Å². The maximum absolute atomic E-state index is 5.71. The molecule has 1 atom stereocenters. The Labute approximate surface area is 134 Å². The van der Waals surface area contributed by atoms with E-state index < -0.39 is 0 Å². The summed E-state index contributed by atoms with van der Waals surface area (Å²) in [6, 6.07) is 8.46. The van der Waals surface area contributed by atoms with Crippen molar-refractivity contribution < 1.29 is 0 Å². The van der Waals surface area contributed by atoms with Gasteiger partial charge in [0, 0.05) is 29.1 Å². The molecule has 1 aliphatic rings. The lowest BCUT2D eigenvalue weighted by Gasteiger charge is -2.32. The van der Waals surface area contributed by atoms with Crippen molar-refractivity contribution in [2.24, 2.45) is 11.7 Å². The minimum Gasteiger partial charge on any atom is -0.330 e.